The molecule has 0 bridgehead atoms. The maximum atomic E-state index is 12.6. The minimum Gasteiger partial charge on any atom is -0.354 e. The molecular weight excluding hydrogens is 345 g/mol. The quantitative estimate of drug-likeness (QED) is 0.903. The Balaban J connectivity index is 1.63. The number of nitrogens with zero attached hydrogens (tertiary/aromatic N) is 3. The van der Waals surface area contributed by atoms with Gasteiger partial charge >= 0.3 is 6.18 Å². The number of benzene rings is 1. The van der Waals surface area contributed by atoms with Crippen LogP contribution >= 0.6 is 0 Å². The summed E-state index contributed by atoms with van der Waals surface area (Å²) in [5.41, 5.74) is 0.440. The van der Waals surface area contributed by atoms with Crippen LogP contribution in [0.25, 0.3) is 0 Å². The van der Waals surface area contributed by atoms with Crippen molar-refractivity contribution >= 4 is 17.4 Å². The Morgan fingerprint density at radius 2 is 1.88 bits per heavy atom. The number of aromatic nitrogens is 2. The van der Waals surface area contributed by atoms with Crippen LogP contribution in [0.15, 0.2) is 36.4 Å². The molecular formula is C18H19F3N4O. The number of carbonyl (C=O) groups is 1. The number of alkyl halides is 3. The number of piperidine rings is 1. The van der Waals surface area contributed by atoms with E-state index < -0.39 is 11.7 Å². The summed E-state index contributed by atoms with van der Waals surface area (Å²) in [6.45, 7) is 3.15. The average molecular weight is 364 g/mol. The number of aryl methyl sites for hydroxylation is 1. The Hall–Kier alpha value is -2.64. The Kier molecular flexibility index (Phi) is 5.11. The zero-order chi connectivity index (χ0) is 18.7. The lowest BCUT2D eigenvalue weighted by molar-refractivity contribution is -0.137. The van der Waals surface area contributed by atoms with Crippen molar-refractivity contribution in [3.8, 4) is 0 Å². The number of carbonyl (C=O) groups excluding carboxylic acids is 1. The Bertz CT molecular complexity index is 760. The number of amides is 1. The summed E-state index contributed by atoms with van der Waals surface area (Å²) in [6.07, 6.45) is -2.83. The van der Waals surface area contributed by atoms with E-state index in [0.29, 0.717) is 12.2 Å². The minimum absolute atomic E-state index is 0.200. The zero-order valence-corrected chi connectivity index (χ0v) is 14.3. The third-order valence-corrected chi connectivity index (χ3v) is 4.38. The van der Waals surface area contributed by atoms with E-state index in [4.69, 9.17) is 0 Å². The van der Waals surface area contributed by atoms with Crippen molar-refractivity contribution in [2.75, 3.05) is 23.3 Å². The highest BCUT2D eigenvalue weighted by Gasteiger charge is 2.30. The minimum atomic E-state index is -4.39. The summed E-state index contributed by atoms with van der Waals surface area (Å²) in [4.78, 5) is 14.5. The molecule has 1 aliphatic rings. The predicted molar refractivity (Wildman–Crippen MR) is 91.8 cm³/mol. The fraction of sp³-hybridized carbons (Fsp3) is 0.389. The molecule has 0 unspecified atom stereocenters. The summed E-state index contributed by atoms with van der Waals surface area (Å²) in [5.74, 6) is 0.270. The molecule has 2 aromatic rings. The predicted octanol–water partition coefficient (Wildman–Crippen LogP) is 3.66. The second-order valence-electron chi connectivity index (χ2n) is 6.38. The first-order chi connectivity index (χ1) is 12.3. The normalized spacial score (nSPS) is 17.8. The van der Waals surface area contributed by atoms with Gasteiger partial charge < -0.3 is 10.2 Å². The molecule has 1 fully saturated rings. The fourth-order valence-corrected chi connectivity index (χ4v) is 2.95. The second-order valence-corrected chi connectivity index (χ2v) is 6.38. The van der Waals surface area contributed by atoms with Crippen molar-refractivity contribution in [2.45, 2.75) is 25.9 Å². The first kappa shape index (κ1) is 18.2. The van der Waals surface area contributed by atoms with E-state index in [-0.39, 0.29) is 11.8 Å². The fourth-order valence-electron chi connectivity index (χ4n) is 2.95. The van der Waals surface area contributed by atoms with Crippen molar-refractivity contribution in [3.63, 3.8) is 0 Å². The van der Waals surface area contributed by atoms with Crippen molar-refractivity contribution in [3.05, 3.63) is 47.7 Å². The van der Waals surface area contributed by atoms with Crippen LogP contribution in [0.3, 0.4) is 0 Å². The SMILES string of the molecule is Cc1ccc(N2CCC[C@H](C(=O)Nc3ccc(C(F)(F)F)cc3)C2)nn1. The Morgan fingerprint density at radius 3 is 2.50 bits per heavy atom. The summed E-state index contributed by atoms with van der Waals surface area (Å²) in [5, 5.41) is 10.9. The van der Waals surface area contributed by atoms with E-state index in [0.717, 1.165) is 43.0 Å². The average Bonchev–Trinajstić information content (AvgIpc) is 2.62. The molecule has 1 aromatic carbocycles. The number of halogens is 3. The molecule has 8 heteroatoms. The van der Waals surface area contributed by atoms with Gasteiger partial charge in [0.1, 0.15) is 0 Å². The van der Waals surface area contributed by atoms with E-state index in [9.17, 15) is 18.0 Å². The van der Waals surface area contributed by atoms with Crippen molar-refractivity contribution in [2.24, 2.45) is 5.92 Å². The summed E-state index contributed by atoms with van der Waals surface area (Å²) >= 11 is 0. The number of hydrogen-bond acceptors (Lipinski definition) is 4. The van der Waals surface area contributed by atoms with Crippen LogP contribution in [0.1, 0.15) is 24.1 Å². The van der Waals surface area contributed by atoms with E-state index in [1.165, 1.54) is 12.1 Å². The standard InChI is InChI=1S/C18H19F3N4O/c1-12-4-9-16(24-23-12)25-10-2-3-13(11-25)17(26)22-15-7-5-14(6-8-15)18(19,20)21/h4-9,13H,2-3,10-11H2,1H3,(H,22,26)/t13-/m0/s1. The van der Waals surface area contributed by atoms with E-state index in [1.54, 1.807) is 0 Å². The maximum Gasteiger partial charge on any atom is 0.416 e. The first-order valence-corrected chi connectivity index (χ1v) is 8.36. The molecule has 138 valence electrons. The smallest absolute Gasteiger partial charge is 0.354 e. The van der Waals surface area contributed by atoms with E-state index in [1.807, 2.05) is 24.0 Å². The van der Waals surface area contributed by atoms with Gasteiger partial charge in [0.25, 0.3) is 0 Å². The Morgan fingerprint density at radius 1 is 1.15 bits per heavy atom. The van der Waals surface area contributed by atoms with E-state index in [2.05, 4.69) is 15.5 Å². The highest BCUT2D eigenvalue weighted by Crippen LogP contribution is 2.30. The van der Waals surface area contributed by atoms with Gasteiger partial charge in [0.15, 0.2) is 5.82 Å². The van der Waals surface area contributed by atoms with Crippen LogP contribution in [0.5, 0.6) is 0 Å². The van der Waals surface area contributed by atoms with Gasteiger partial charge in [0.2, 0.25) is 5.91 Å². The molecule has 5 nitrogen and oxygen atoms in total. The van der Waals surface area contributed by atoms with Gasteiger partial charge in [0.05, 0.1) is 17.2 Å². The molecule has 0 radical (unpaired) electrons. The highest BCUT2D eigenvalue weighted by atomic mass is 19.4. The molecule has 3 rings (SSSR count). The highest BCUT2D eigenvalue weighted by molar-refractivity contribution is 5.93. The number of anilines is 2. The summed E-state index contributed by atoms with van der Waals surface area (Å²) in [6, 6.07) is 8.21. The van der Waals surface area contributed by atoms with Crippen LogP contribution in [-0.2, 0) is 11.0 Å². The van der Waals surface area contributed by atoms with Crippen LogP contribution in [-0.4, -0.2) is 29.2 Å². The molecule has 0 aliphatic carbocycles. The second kappa shape index (κ2) is 7.31. The van der Waals surface area contributed by atoms with Crippen LogP contribution in [0, 0.1) is 12.8 Å². The molecule has 0 spiro atoms. The van der Waals surface area contributed by atoms with Crippen LogP contribution in [0.4, 0.5) is 24.7 Å². The van der Waals surface area contributed by atoms with Gasteiger partial charge in [-0.3, -0.25) is 4.79 Å². The molecule has 1 N–H and O–H groups in total. The number of rotatable bonds is 3. The monoisotopic (exact) mass is 364 g/mol. The molecule has 2 heterocycles. The van der Waals surface area contributed by atoms with Gasteiger partial charge in [0, 0.05) is 18.8 Å². The van der Waals surface area contributed by atoms with Gasteiger partial charge in [-0.2, -0.15) is 18.3 Å². The van der Waals surface area contributed by atoms with Crippen molar-refractivity contribution in [1.29, 1.82) is 0 Å². The summed E-state index contributed by atoms with van der Waals surface area (Å²) < 4.78 is 37.8. The van der Waals surface area contributed by atoms with Gasteiger partial charge in [-0.25, -0.2) is 0 Å². The number of hydrogen-bond donors (Lipinski definition) is 1. The van der Waals surface area contributed by atoms with Gasteiger partial charge in [-0.05, 0) is 56.2 Å². The molecule has 26 heavy (non-hydrogen) atoms. The largest absolute Gasteiger partial charge is 0.416 e. The number of nitrogens with one attached hydrogen (secondary N) is 1. The van der Waals surface area contributed by atoms with Crippen LogP contribution in [0.2, 0.25) is 0 Å². The topological polar surface area (TPSA) is 58.1 Å². The molecule has 0 saturated carbocycles. The lowest BCUT2D eigenvalue weighted by Crippen LogP contribution is -2.41. The first-order valence-electron chi connectivity index (χ1n) is 8.36. The molecule has 1 aromatic heterocycles. The van der Waals surface area contributed by atoms with Crippen LogP contribution < -0.4 is 10.2 Å². The molecule has 1 atom stereocenters. The molecule has 1 saturated heterocycles. The zero-order valence-electron chi connectivity index (χ0n) is 14.3. The third kappa shape index (κ3) is 4.30. The molecule has 1 amide bonds. The van der Waals surface area contributed by atoms with Crippen molar-refractivity contribution in [1.82, 2.24) is 10.2 Å². The maximum absolute atomic E-state index is 12.6. The van der Waals surface area contributed by atoms with Gasteiger partial charge in [-0.1, -0.05) is 0 Å². The third-order valence-electron chi connectivity index (χ3n) is 4.38. The molecule has 1 aliphatic heterocycles. The lowest BCUT2D eigenvalue weighted by atomic mass is 9.97. The van der Waals surface area contributed by atoms with E-state index >= 15 is 0 Å². The summed E-state index contributed by atoms with van der Waals surface area (Å²) in [7, 11) is 0. The Labute approximate surface area is 149 Å². The van der Waals surface area contributed by atoms with Gasteiger partial charge in [-0.15, -0.1) is 5.10 Å². The van der Waals surface area contributed by atoms with Crippen molar-refractivity contribution < 1.29 is 18.0 Å². The lowest BCUT2D eigenvalue weighted by Gasteiger charge is -2.32.